The third-order valence-corrected chi connectivity index (χ3v) is 2.51. The van der Waals surface area contributed by atoms with E-state index in [1.54, 1.807) is 12.1 Å². The van der Waals surface area contributed by atoms with Crippen molar-refractivity contribution >= 4 is 12.3 Å². The zero-order valence-electron chi connectivity index (χ0n) is 9.81. The smallest absolute Gasteiger partial charge is 0.292 e. The minimum atomic E-state index is 0.170. The fourth-order valence-electron chi connectivity index (χ4n) is 1.67. The van der Waals surface area contributed by atoms with Gasteiger partial charge in [-0.25, -0.2) is 0 Å². The number of rotatable bonds is 3. The molecule has 0 aliphatic carbocycles. The summed E-state index contributed by atoms with van der Waals surface area (Å²) < 4.78 is 5.38. The summed E-state index contributed by atoms with van der Waals surface area (Å²) in [5.41, 5.74) is 7.86. The Morgan fingerprint density at radius 2 is 1.94 bits per heavy atom. The largest absolute Gasteiger partial charge is 0.428 e. The van der Waals surface area contributed by atoms with Crippen LogP contribution in [0.25, 0.3) is 11.3 Å². The maximum absolute atomic E-state index is 10.6. The molecule has 2 N–H and O–H groups in total. The van der Waals surface area contributed by atoms with Gasteiger partial charge < -0.3 is 10.2 Å². The van der Waals surface area contributed by atoms with Crippen molar-refractivity contribution in [3.05, 3.63) is 35.6 Å². The van der Waals surface area contributed by atoms with Gasteiger partial charge in [0.25, 0.3) is 6.01 Å². The first-order valence-corrected chi connectivity index (χ1v) is 5.43. The molecule has 4 heteroatoms. The van der Waals surface area contributed by atoms with Crippen LogP contribution in [0.2, 0.25) is 0 Å². The van der Waals surface area contributed by atoms with E-state index in [2.05, 4.69) is 4.98 Å². The number of nitrogen functional groups attached to an aromatic ring is 1. The molecule has 88 valence electrons. The van der Waals surface area contributed by atoms with Gasteiger partial charge in [-0.05, 0) is 0 Å². The van der Waals surface area contributed by atoms with Crippen LogP contribution in [0.15, 0.2) is 28.7 Å². The lowest BCUT2D eigenvalue weighted by Crippen LogP contribution is -1.89. The van der Waals surface area contributed by atoms with Gasteiger partial charge in [-0.15, -0.1) is 0 Å². The van der Waals surface area contributed by atoms with Gasteiger partial charge in [0.15, 0.2) is 0 Å². The summed E-state index contributed by atoms with van der Waals surface area (Å²) in [5, 5.41) is 0. The molecule has 0 fully saturated rings. The number of hydrogen-bond donors (Lipinski definition) is 1. The van der Waals surface area contributed by atoms with Gasteiger partial charge in [0.1, 0.15) is 17.7 Å². The van der Waals surface area contributed by atoms with Gasteiger partial charge in [0.2, 0.25) is 0 Å². The Labute approximate surface area is 99.5 Å². The predicted octanol–water partition coefficient (Wildman–Crippen LogP) is 2.86. The highest BCUT2D eigenvalue weighted by molar-refractivity contribution is 5.76. The molecule has 0 bridgehead atoms. The van der Waals surface area contributed by atoms with Crippen LogP contribution in [0, 0.1) is 0 Å². The highest BCUT2D eigenvalue weighted by atomic mass is 16.4. The van der Waals surface area contributed by atoms with Crippen LogP contribution < -0.4 is 5.73 Å². The number of oxazole rings is 1. The van der Waals surface area contributed by atoms with E-state index in [0.29, 0.717) is 5.56 Å². The second kappa shape index (κ2) is 4.41. The van der Waals surface area contributed by atoms with E-state index in [-0.39, 0.29) is 11.9 Å². The van der Waals surface area contributed by atoms with Crippen LogP contribution >= 0.6 is 0 Å². The molecule has 1 aromatic carbocycles. The number of hydrogen-bond acceptors (Lipinski definition) is 4. The molecule has 0 saturated heterocycles. The molecule has 0 aliphatic rings. The van der Waals surface area contributed by atoms with E-state index in [4.69, 9.17) is 10.2 Å². The lowest BCUT2D eigenvalue weighted by Gasteiger charge is -2.03. The van der Waals surface area contributed by atoms with Gasteiger partial charge in [-0.2, -0.15) is 4.98 Å². The number of carbonyl (C=O) groups is 1. The Hall–Kier alpha value is -2.10. The number of carbonyl (C=O) groups excluding carboxylic acids is 1. The maximum atomic E-state index is 10.6. The molecule has 0 saturated carbocycles. The number of anilines is 1. The minimum absolute atomic E-state index is 0.170. The van der Waals surface area contributed by atoms with Gasteiger partial charge >= 0.3 is 0 Å². The first-order chi connectivity index (χ1) is 8.11. The van der Waals surface area contributed by atoms with Gasteiger partial charge in [0, 0.05) is 17.0 Å². The third kappa shape index (κ3) is 2.20. The first kappa shape index (κ1) is 11.4. The number of nitrogens with two attached hydrogens (primary N) is 1. The number of aldehydes is 1. The Bertz CT molecular complexity index is 527. The molecule has 2 aromatic rings. The second-order valence-electron chi connectivity index (χ2n) is 4.16. The van der Waals surface area contributed by atoms with Gasteiger partial charge in [-0.1, -0.05) is 38.1 Å². The standard InChI is InChI=1S/C13H14N2O2/c1-8(2)12-11(15-13(14)17-12)10-5-3-9(7-16)4-6-10/h3-8H,1-2H3,(H2,14,15). The Kier molecular flexibility index (Phi) is 2.95. The van der Waals surface area contributed by atoms with Crippen molar-refractivity contribution in [1.82, 2.24) is 4.98 Å². The van der Waals surface area contributed by atoms with Crippen LogP contribution in [0.4, 0.5) is 6.01 Å². The summed E-state index contributed by atoms with van der Waals surface area (Å²) in [6.07, 6.45) is 0.810. The summed E-state index contributed by atoms with van der Waals surface area (Å²) in [6.45, 7) is 4.03. The molecule has 0 aliphatic heterocycles. The average molecular weight is 230 g/mol. The lowest BCUT2D eigenvalue weighted by molar-refractivity contribution is 0.112. The van der Waals surface area contributed by atoms with Crippen LogP contribution in [-0.2, 0) is 0 Å². The van der Waals surface area contributed by atoms with E-state index >= 15 is 0 Å². The van der Waals surface area contributed by atoms with Gasteiger partial charge in [0.05, 0.1) is 0 Å². The summed E-state index contributed by atoms with van der Waals surface area (Å²) in [5.74, 6) is 0.974. The molecular formula is C13H14N2O2. The van der Waals surface area contributed by atoms with Crippen LogP contribution in [0.5, 0.6) is 0 Å². The molecular weight excluding hydrogens is 216 g/mol. The highest BCUT2D eigenvalue weighted by Crippen LogP contribution is 2.30. The summed E-state index contributed by atoms with van der Waals surface area (Å²) >= 11 is 0. The molecule has 0 atom stereocenters. The van der Waals surface area contributed by atoms with Crippen molar-refractivity contribution in [2.24, 2.45) is 0 Å². The topological polar surface area (TPSA) is 69.1 Å². The van der Waals surface area contributed by atoms with Crippen molar-refractivity contribution in [3.63, 3.8) is 0 Å². The van der Waals surface area contributed by atoms with Crippen molar-refractivity contribution in [1.29, 1.82) is 0 Å². The van der Waals surface area contributed by atoms with Crippen molar-refractivity contribution in [2.75, 3.05) is 5.73 Å². The maximum Gasteiger partial charge on any atom is 0.292 e. The highest BCUT2D eigenvalue weighted by Gasteiger charge is 2.16. The third-order valence-electron chi connectivity index (χ3n) is 2.51. The zero-order chi connectivity index (χ0) is 12.4. The van der Waals surface area contributed by atoms with Crippen molar-refractivity contribution in [2.45, 2.75) is 19.8 Å². The Morgan fingerprint density at radius 1 is 1.29 bits per heavy atom. The molecule has 1 heterocycles. The monoisotopic (exact) mass is 230 g/mol. The summed E-state index contributed by atoms with van der Waals surface area (Å²) in [4.78, 5) is 14.8. The van der Waals surface area contributed by atoms with E-state index in [0.717, 1.165) is 23.3 Å². The van der Waals surface area contributed by atoms with Crippen molar-refractivity contribution < 1.29 is 9.21 Å². The van der Waals surface area contributed by atoms with Crippen molar-refractivity contribution in [3.8, 4) is 11.3 Å². The SMILES string of the molecule is CC(C)c1oc(N)nc1-c1ccc(C=O)cc1. The minimum Gasteiger partial charge on any atom is -0.428 e. The lowest BCUT2D eigenvalue weighted by atomic mass is 10.0. The zero-order valence-corrected chi connectivity index (χ0v) is 9.81. The van der Waals surface area contributed by atoms with E-state index in [9.17, 15) is 4.79 Å². The van der Waals surface area contributed by atoms with Gasteiger partial charge in [-0.3, -0.25) is 4.79 Å². The molecule has 1 aromatic heterocycles. The normalized spacial score (nSPS) is 10.8. The van der Waals surface area contributed by atoms with E-state index in [1.165, 1.54) is 0 Å². The Morgan fingerprint density at radius 3 is 2.47 bits per heavy atom. The fraction of sp³-hybridized carbons (Fsp3) is 0.231. The Balaban J connectivity index is 2.47. The summed E-state index contributed by atoms with van der Waals surface area (Å²) in [7, 11) is 0. The molecule has 4 nitrogen and oxygen atoms in total. The molecule has 0 spiro atoms. The molecule has 17 heavy (non-hydrogen) atoms. The second-order valence-corrected chi connectivity index (χ2v) is 4.16. The summed E-state index contributed by atoms with van der Waals surface area (Å²) in [6, 6.07) is 7.34. The molecule has 2 rings (SSSR count). The van der Waals surface area contributed by atoms with E-state index in [1.807, 2.05) is 26.0 Å². The van der Waals surface area contributed by atoms with Crippen LogP contribution in [0.3, 0.4) is 0 Å². The average Bonchev–Trinajstić information content (AvgIpc) is 2.72. The molecule has 0 unspecified atom stereocenters. The molecule has 0 amide bonds. The predicted molar refractivity (Wildman–Crippen MR) is 65.8 cm³/mol. The van der Waals surface area contributed by atoms with E-state index < -0.39 is 0 Å². The van der Waals surface area contributed by atoms with Crippen LogP contribution in [-0.4, -0.2) is 11.3 Å². The fourth-order valence-corrected chi connectivity index (χ4v) is 1.67. The first-order valence-electron chi connectivity index (χ1n) is 5.43. The number of benzene rings is 1. The quantitative estimate of drug-likeness (QED) is 0.823. The van der Waals surface area contributed by atoms with Crippen LogP contribution in [0.1, 0.15) is 35.9 Å². The number of aromatic nitrogens is 1. The number of nitrogens with zero attached hydrogens (tertiary/aromatic N) is 1. The molecule has 0 radical (unpaired) electrons.